The summed E-state index contributed by atoms with van der Waals surface area (Å²) in [6.07, 6.45) is -0.629. The van der Waals surface area contributed by atoms with Crippen molar-refractivity contribution in [2.45, 2.75) is 39.2 Å². The van der Waals surface area contributed by atoms with Gasteiger partial charge in [0.1, 0.15) is 0 Å². The molecule has 1 saturated heterocycles. The molecule has 0 radical (unpaired) electrons. The van der Waals surface area contributed by atoms with Crippen molar-refractivity contribution in [3.63, 3.8) is 0 Å². The number of nitrogens with zero attached hydrogens (tertiary/aromatic N) is 2. The van der Waals surface area contributed by atoms with Gasteiger partial charge in [-0.15, -0.1) is 0 Å². The van der Waals surface area contributed by atoms with E-state index in [-0.39, 0.29) is 31.0 Å². The number of pyridine rings is 1. The fourth-order valence-corrected chi connectivity index (χ4v) is 3.43. The van der Waals surface area contributed by atoms with E-state index in [0.717, 1.165) is 0 Å². The fraction of sp³-hybridized carbons (Fsp3) is 0.533. The predicted molar refractivity (Wildman–Crippen MR) is 81.1 cm³/mol. The van der Waals surface area contributed by atoms with Crippen LogP contribution in [0.15, 0.2) is 6.07 Å². The number of aromatic nitrogens is 1. The topological polar surface area (TPSA) is 90.7 Å². The van der Waals surface area contributed by atoms with Gasteiger partial charge in [0.05, 0.1) is 5.41 Å². The van der Waals surface area contributed by atoms with Crippen LogP contribution in [0.4, 0.5) is 9.18 Å². The van der Waals surface area contributed by atoms with Crippen LogP contribution < -0.4 is 0 Å². The number of hydrogen-bond acceptors (Lipinski definition) is 3. The SMILES string of the molecule is Cc1cc(CC2(C(=O)O)CCN(C(=O)O)C(C)C2)nc(Cl)c1F. The summed E-state index contributed by atoms with van der Waals surface area (Å²) < 4.78 is 13.6. The Morgan fingerprint density at radius 1 is 1.52 bits per heavy atom. The molecule has 2 atom stereocenters. The standard InChI is InChI=1S/C15H18ClFN2O4/c1-8-5-10(18-12(16)11(8)17)7-15(13(20)21)3-4-19(14(22)23)9(2)6-15/h5,9H,3-4,6-7H2,1-2H3,(H,20,21)(H,22,23). The third-order valence-corrected chi connectivity index (χ3v) is 4.67. The van der Waals surface area contributed by atoms with Gasteiger partial charge in [0, 0.05) is 24.7 Å². The Bertz CT molecular complexity index is 631. The Morgan fingerprint density at radius 2 is 2.17 bits per heavy atom. The molecule has 2 heterocycles. The van der Waals surface area contributed by atoms with E-state index >= 15 is 0 Å². The van der Waals surface area contributed by atoms with Crippen LogP contribution in [-0.4, -0.2) is 44.7 Å². The molecule has 0 aliphatic carbocycles. The number of hydrogen-bond donors (Lipinski definition) is 2. The molecule has 23 heavy (non-hydrogen) atoms. The van der Waals surface area contributed by atoms with Gasteiger partial charge >= 0.3 is 12.1 Å². The van der Waals surface area contributed by atoms with E-state index in [0.29, 0.717) is 11.3 Å². The summed E-state index contributed by atoms with van der Waals surface area (Å²) in [6, 6.07) is 1.06. The molecule has 1 aliphatic heterocycles. The molecular formula is C15H18ClFN2O4. The zero-order valence-electron chi connectivity index (χ0n) is 12.8. The lowest BCUT2D eigenvalue weighted by Crippen LogP contribution is -2.51. The minimum atomic E-state index is -1.13. The summed E-state index contributed by atoms with van der Waals surface area (Å²) in [5.41, 5.74) is -0.435. The molecule has 1 aromatic rings. The van der Waals surface area contributed by atoms with E-state index in [4.69, 9.17) is 16.7 Å². The van der Waals surface area contributed by atoms with Gasteiger partial charge < -0.3 is 15.1 Å². The Kier molecular flexibility index (Phi) is 4.79. The highest BCUT2D eigenvalue weighted by atomic mass is 35.5. The van der Waals surface area contributed by atoms with Crippen LogP contribution >= 0.6 is 11.6 Å². The molecule has 0 saturated carbocycles. The third-order valence-electron chi connectivity index (χ3n) is 4.42. The summed E-state index contributed by atoms with van der Waals surface area (Å²) in [7, 11) is 0. The number of amides is 1. The average molecular weight is 345 g/mol. The normalized spacial score (nSPS) is 24.5. The van der Waals surface area contributed by atoms with Crippen LogP contribution in [0.25, 0.3) is 0 Å². The predicted octanol–water partition coefficient (Wildman–Crippen LogP) is 2.96. The number of carboxylic acids is 1. The van der Waals surface area contributed by atoms with Gasteiger partial charge in [-0.25, -0.2) is 14.2 Å². The van der Waals surface area contributed by atoms with Crippen molar-refractivity contribution in [1.29, 1.82) is 0 Å². The van der Waals surface area contributed by atoms with Crippen molar-refractivity contribution >= 4 is 23.7 Å². The first-order valence-electron chi connectivity index (χ1n) is 7.21. The molecular weight excluding hydrogens is 327 g/mol. The van der Waals surface area contributed by atoms with Gasteiger partial charge in [0.2, 0.25) is 0 Å². The molecule has 1 aliphatic rings. The lowest BCUT2D eigenvalue weighted by molar-refractivity contribution is -0.153. The highest BCUT2D eigenvalue weighted by Gasteiger charge is 2.45. The number of carboxylic acid groups (broad SMARTS) is 2. The summed E-state index contributed by atoms with van der Waals surface area (Å²) in [6.45, 7) is 3.35. The summed E-state index contributed by atoms with van der Waals surface area (Å²) in [5, 5.41) is 18.5. The van der Waals surface area contributed by atoms with E-state index < -0.39 is 29.3 Å². The van der Waals surface area contributed by atoms with Gasteiger partial charge in [0.25, 0.3) is 0 Å². The first kappa shape index (κ1) is 17.5. The summed E-state index contributed by atoms with van der Waals surface area (Å²) in [4.78, 5) is 28.1. The van der Waals surface area contributed by atoms with Gasteiger partial charge in [0.15, 0.2) is 11.0 Å². The van der Waals surface area contributed by atoms with E-state index in [2.05, 4.69) is 4.98 Å². The minimum absolute atomic E-state index is 0.0843. The van der Waals surface area contributed by atoms with Crippen molar-refractivity contribution in [3.8, 4) is 0 Å². The van der Waals surface area contributed by atoms with Crippen molar-refractivity contribution in [3.05, 3.63) is 28.3 Å². The molecule has 2 unspecified atom stereocenters. The Balaban J connectivity index is 2.30. The van der Waals surface area contributed by atoms with Gasteiger partial charge in [-0.05, 0) is 38.3 Å². The van der Waals surface area contributed by atoms with Crippen LogP contribution in [0.2, 0.25) is 5.15 Å². The monoisotopic (exact) mass is 344 g/mol. The maximum atomic E-state index is 13.6. The second-order valence-electron chi connectivity index (χ2n) is 6.08. The van der Waals surface area contributed by atoms with Crippen LogP contribution in [0.1, 0.15) is 31.0 Å². The molecule has 126 valence electrons. The lowest BCUT2D eigenvalue weighted by Gasteiger charge is -2.41. The van der Waals surface area contributed by atoms with Gasteiger partial charge in [-0.3, -0.25) is 4.79 Å². The largest absolute Gasteiger partial charge is 0.481 e. The van der Waals surface area contributed by atoms with Crippen LogP contribution in [0, 0.1) is 18.2 Å². The van der Waals surface area contributed by atoms with Crippen LogP contribution in [0.3, 0.4) is 0 Å². The van der Waals surface area contributed by atoms with E-state index in [1.807, 2.05) is 0 Å². The molecule has 1 amide bonds. The summed E-state index contributed by atoms with van der Waals surface area (Å²) in [5.74, 6) is -1.62. The molecule has 0 aromatic carbocycles. The van der Waals surface area contributed by atoms with Crippen LogP contribution in [-0.2, 0) is 11.2 Å². The number of piperidine rings is 1. The van der Waals surface area contributed by atoms with E-state index in [1.54, 1.807) is 6.92 Å². The molecule has 8 heteroatoms. The Labute approximate surface area is 137 Å². The molecule has 1 fully saturated rings. The van der Waals surface area contributed by atoms with E-state index in [9.17, 15) is 19.1 Å². The first-order chi connectivity index (χ1) is 10.7. The quantitative estimate of drug-likeness (QED) is 0.823. The van der Waals surface area contributed by atoms with Crippen molar-refractivity contribution in [2.75, 3.05) is 6.54 Å². The zero-order chi connectivity index (χ0) is 17.4. The maximum absolute atomic E-state index is 13.6. The molecule has 2 rings (SSSR count). The molecule has 0 spiro atoms. The van der Waals surface area contributed by atoms with Crippen molar-refractivity contribution in [2.24, 2.45) is 5.41 Å². The number of aryl methyl sites for hydroxylation is 1. The molecule has 6 nitrogen and oxygen atoms in total. The Morgan fingerprint density at radius 3 is 2.65 bits per heavy atom. The zero-order valence-corrected chi connectivity index (χ0v) is 13.6. The summed E-state index contributed by atoms with van der Waals surface area (Å²) >= 11 is 5.74. The number of rotatable bonds is 3. The van der Waals surface area contributed by atoms with Gasteiger partial charge in [-0.2, -0.15) is 0 Å². The van der Waals surface area contributed by atoms with Crippen LogP contribution in [0.5, 0.6) is 0 Å². The highest BCUT2D eigenvalue weighted by Crippen LogP contribution is 2.38. The number of halogens is 2. The van der Waals surface area contributed by atoms with E-state index in [1.165, 1.54) is 17.9 Å². The number of likely N-dealkylation sites (tertiary alicyclic amines) is 1. The first-order valence-corrected chi connectivity index (χ1v) is 7.58. The third kappa shape index (κ3) is 3.39. The second-order valence-corrected chi connectivity index (χ2v) is 6.43. The molecule has 0 bridgehead atoms. The molecule has 2 N–H and O–H groups in total. The average Bonchev–Trinajstić information content (AvgIpc) is 2.44. The van der Waals surface area contributed by atoms with Crippen molar-refractivity contribution in [1.82, 2.24) is 9.88 Å². The van der Waals surface area contributed by atoms with Gasteiger partial charge in [-0.1, -0.05) is 11.6 Å². The number of aliphatic carboxylic acids is 1. The second kappa shape index (κ2) is 6.31. The van der Waals surface area contributed by atoms with Crippen molar-refractivity contribution < 1.29 is 24.2 Å². The smallest absolute Gasteiger partial charge is 0.407 e. The highest BCUT2D eigenvalue weighted by molar-refractivity contribution is 6.29. The Hall–Kier alpha value is -1.89. The fourth-order valence-electron chi connectivity index (χ4n) is 3.17. The minimum Gasteiger partial charge on any atom is -0.481 e. The molecule has 1 aromatic heterocycles. The number of carbonyl (C=O) groups is 2. The maximum Gasteiger partial charge on any atom is 0.407 e. The lowest BCUT2D eigenvalue weighted by atomic mass is 9.72.